The van der Waals surface area contributed by atoms with Gasteiger partial charge in [0, 0.05) is 18.7 Å². The Balaban J connectivity index is 2.63. The van der Waals surface area contributed by atoms with Crippen molar-refractivity contribution < 1.29 is 9.90 Å². The predicted molar refractivity (Wildman–Crippen MR) is 69.0 cm³/mol. The molecule has 0 aliphatic carbocycles. The van der Waals surface area contributed by atoms with Gasteiger partial charge in [0.05, 0.1) is 11.6 Å². The summed E-state index contributed by atoms with van der Waals surface area (Å²) in [5, 5.41) is 20.5. The van der Waals surface area contributed by atoms with Crippen molar-refractivity contribution in [1.29, 1.82) is 5.26 Å². The topological polar surface area (TPSA) is 73.1 Å². The SMILES string of the molecule is CC(C)(CCO)CNC(=O)c1cccc(C#N)c1. The lowest BCUT2D eigenvalue weighted by atomic mass is 9.89. The van der Waals surface area contributed by atoms with Crippen LogP contribution in [-0.4, -0.2) is 24.2 Å². The van der Waals surface area contributed by atoms with Crippen molar-refractivity contribution in [1.82, 2.24) is 5.32 Å². The normalized spacial score (nSPS) is 10.8. The van der Waals surface area contributed by atoms with Crippen LogP contribution in [0.4, 0.5) is 0 Å². The largest absolute Gasteiger partial charge is 0.396 e. The Bertz CT molecular complexity index is 461. The molecule has 0 heterocycles. The maximum Gasteiger partial charge on any atom is 0.251 e. The number of hydrogen-bond acceptors (Lipinski definition) is 3. The first kappa shape index (κ1) is 14.2. The Morgan fingerprint density at radius 2 is 2.22 bits per heavy atom. The summed E-state index contributed by atoms with van der Waals surface area (Å²) < 4.78 is 0. The number of nitrogens with zero attached hydrogens (tertiary/aromatic N) is 1. The van der Waals surface area contributed by atoms with Crippen LogP contribution < -0.4 is 5.32 Å². The second-order valence-corrected chi connectivity index (χ2v) is 5.01. The lowest BCUT2D eigenvalue weighted by molar-refractivity contribution is 0.0928. The molecule has 1 rings (SSSR count). The van der Waals surface area contributed by atoms with E-state index in [0.29, 0.717) is 24.1 Å². The van der Waals surface area contributed by atoms with Gasteiger partial charge in [-0.2, -0.15) is 5.26 Å². The molecule has 0 aliphatic rings. The minimum Gasteiger partial charge on any atom is -0.396 e. The minimum absolute atomic E-state index is 0.104. The second-order valence-electron chi connectivity index (χ2n) is 5.01. The summed E-state index contributed by atoms with van der Waals surface area (Å²) in [5.74, 6) is -0.196. The second kappa shape index (κ2) is 6.18. The molecule has 0 radical (unpaired) electrons. The molecule has 0 atom stereocenters. The van der Waals surface area contributed by atoms with E-state index in [-0.39, 0.29) is 17.9 Å². The average Bonchev–Trinajstić information content (AvgIpc) is 2.36. The van der Waals surface area contributed by atoms with Crippen molar-refractivity contribution in [3.05, 3.63) is 35.4 Å². The van der Waals surface area contributed by atoms with E-state index in [0.717, 1.165) is 0 Å². The maximum absolute atomic E-state index is 11.9. The number of nitrogens with one attached hydrogen (secondary N) is 1. The standard InChI is InChI=1S/C14H18N2O2/c1-14(2,6-7-17)10-16-13(18)12-5-3-4-11(8-12)9-15/h3-5,8,17H,6-7,10H2,1-2H3,(H,16,18). The van der Waals surface area contributed by atoms with Gasteiger partial charge in [-0.25, -0.2) is 0 Å². The molecular formula is C14H18N2O2. The molecule has 18 heavy (non-hydrogen) atoms. The van der Waals surface area contributed by atoms with Crippen LogP contribution in [0, 0.1) is 16.7 Å². The van der Waals surface area contributed by atoms with E-state index in [1.54, 1.807) is 24.3 Å². The zero-order valence-corrected chi connectivity index (χ0v) is 10.7. The number of benzene rings is 1. The van der Waals surface area contributed by atoms with Gasteiger partial charge in [-0.1, -0.05) is 19.9 Å². The highest BCUT2D eigenvalue weighted by molar-refractivity contribution is 5.94. The molecule has 0 aliphatic heterocycles. The molecular weight excluding hydrogens is 228 g/mol. The zero-order chi connectivity index (χ0) is 13.6. The van der Waals surface area contributed by atoms with Gasteiger partial charge < -0.3 is 10.4 Å². The van der Waals surface area contributed by atoms with Crippen LogP contribution >= 0.6 is 0 Å². The molecule has 96 valence electrons. The van der Waals surface area contributed by atoms with Crippen molar-refractivity contribution in [2.45, 2.75) is 20.3 Å². The number of rotatable bonds is 5. The number of aliphatic hydroxyl groups excluding tert-OH is 1. The number of amides is 1. The van der Waals surface area contributed by atoms with Crippen LogP contribution in [0.5, 0.6) is 0 Å². The van der Waals surface area contributed by atoms with Crippen LogP contribution in [0.2, 0.25) is 0 Å². The smallest absolute Gasteiger partial charge is 0.251 e. The lowest BCUT2D eigenvalue weighted by Crippen LogP contribution is -2.34. The third-order valence-electron chi connectivity index (χ3n) is 2.77. The molecule has 0 aromatic heterocycles. The molecule has 0 fully saturated rings. The summed E-state index contributed by atoms with van der Waals surface area (Å²) in [4.78, 5) is 11.9. The van der Waals surface area contributed by atoms with Gasteiger partial charge in [0.25, 0.3) is 5.91 Å². The molecule has 0 saturated carbocycles. The van der Waals surface area contributed by atoms with Gasteiger partial charge in [0.2, 0.25) is 0 Å². The Hall–Kier alpha value is -1.86. The molecule has 0 unspecified atom stereocenters. The van der Waals surface area contributed by atoms with Crippen molar-refractivity contribution in [2.24, 2.45) is 5.41 Å². The summed E-state index contributed by atoms with van der Waals surface area (Å²) in [5.41, 5.74) is 0.808. The van der Waals surface area contributed by atoms with Gasteiger partial charge >= 0.3 is 0 Å². The van der Waals surface area contributed by atoms with E-state index in [4.69, 9.17) is 10.4 Å². The van der Waals surface area contributed by atoms with Gasteiger partial charge in [-0.05, 0) is 30.0 Å². The summed E-state index contributed by atoms with van der Waals surface area (Å²) in [7, 11) is 0. The first-order valence-electron chi connectivity index (χ1n) is 5.88. The number of aliphatic hydroxyl groups is 1. The highest BCUT2D eigenvalue weighted by atomic mass is 16.3. The molecule has 1 aromatic carbocycles. The molecule has 4 heteroatoms. The summed E-state index contributed by atoms with van der Waals surface area (Å²) in [6.45, 7) is 4.56. The van der Waals surface area contributed by atoms with Crippen molar-refractivity contribution in [3.63, 3.8) is 0 Å². The summed E-state index contributed by atoms with van der Waals surface area (Å²) in [6, 6.07) is 8.59. The third-order valence-corrected chi connectivity index (χ3v) is 2.77. The van der Waals surface area contributed by atoms with E-state index in [1.165, 1.54) is 0 Å². The average molecular weight is 246 g/mol. The molecule has 0 spiro atoms. The third kappa shape index (κ3) is 4.19. The predicted octanol–water partition coefficient (Wildman–Crippen LogP) is 1.70. The molecule has 2 N–H and O–H groups in total. The number of carbonyl (C=O) groups excluding carboxylic acids is 1. The Labute approximate surface area is 107 Å². The van der Waals surface area contributed by atoms with E-state index in [1.807, 2.05) is 19.9 Å². The quantitative estimate of drug-likeness (QED) is 0.830. The maximum atomic E-state index is 11.9. The van der Waals surface area contributed by atoms with Crippen molar-refractivity contribution >= 4 is 5.91 Å². The van der Waals surface area contributed by atoms with Gasteiger partial charge in [0.1, 0.15) is 0 Å². The van der Waals surface area contributed by atoms with Crippen molar-refractivity contribution in [3.8, 4) is 6.07 Å². The molecule has 1 amide bonds. The number of hydrogen-bond donors (Lipinski definition) is 2. The number of carbonyl (C=O) groups is 1. The fourth-order valence-electron chi connectivity index (χ4n) is 1.54. The first-order valence-corrected chi connectivity index (χ1v) is 5.88. The molecule has 0 bridgehead atoms. The van der Waals surface area contributed by atoms with Crippen LogP contribution in [0.3, 0.4) is 0 Å². The summed E-state index contributed by atoms with van der Waals surface area (Å²) in [6.07, 6.45) is 0.630. The fraction of sp³-hybridized carbons (Fsp3) is 0.429. The van der Waals surface area contributed by atoms with Gasteiger partial charge in [-0.15, -0.1) is 0 Å². The van der Waals surface area contributed by atoms with Crippen LogP contribution in [0.15, 0.2) is 24.3 Å². The number of nitriles is 1. The highest BCUT2D eigenvalue weighted by Gasteiger charge is 2.18. The monoisotopic (exact) mass is 246 g/mol. The van der Waals surface area contributed by atoms with Gasteiger partial charge in [-0.3, -0.25) is 4.79 Å². The lowest BCUT2D eigenvalue weighted by Gasteiger charge is -2.23. The summed E-state index contributed by atoms with van der Waals surface area (Å²) >= 11 is 0. The van der Waals surface area contributed by atoms with Gasteiger partial charge in [0.15, 0.2) is 0 Å². The molecule has 1 aromatic rings. The molecule has 0 saturated heterocycles. The highest BCUT2D eigenvalue weighted by Crippen LogP contribution is 2.18. The van der Waals surface area contributed by atoms with E-state index in [2.05, 4.69) is 5.32 Å². The van der Waals surface area contributed by atoms with Crippen LogP contribution in [0.1, 0.15) is 36.2 Å². The van der Waals surface area contributed by atoms with Crippen LogP contribution in [-0.2, 0) is 0 Å². The van der Waals surface area contributed by atoms with E-state index >= 15 is 0 Å². The minimum atomic E-state index is -0.196. The Kier molecular flexibility index (Phi) is 4.87. The fourth-order valence-corrected chi connectivity index (χ4v) is 1.54. The van der Waals surface area contributed by atoms with E-state index in [9.17, 15) is 4.79 Å². The molecule has 4 nitrogen and oxygen atoms in total. The Morgan fingerprint density at radius 1 is 1.50 bits per heavy atom. The first-order chi connectivity index (χ1) is 8.48. The zero-order valence-electron chi connectivity index (χ0n) is 10.7. The van der Waals surface area contributed by atoms with Crippen LogP contribution in [0.25, 0.3) is 0 Å². The van der Waals surface area contributed by atoms with Crippen molar-refractivity contribution in [2.75, 3.05) is 13.2 Å². The Morgan fingerprint density at radius 3 is 2.83 bits per heavy atom. The van der Waals surface area contributed by atoms with E-state index < -0.39 is 0 Å².